The van der Waals surface area contributed by atoms with Crippen molar-refractivity contribution in [2.24, 2.45) is 0 Å². The molecule has 2 N–H and O–H groups in total. The van der Waals surface area contributed by atoms with Crippen LogP contribution in [0.3, 0.4) is 0 Å². The van der Waals surface area contributed by atoms with Crippen LogP contribution in [0.1, 0.15) is 29.1 Å². The minimum absolute atomic E-state index is 0.278. The number of para-hydroxylation sites is 2. The predicted octanol–water partition coefficient (Wildman–Crippen LogP) is 2.68. The van der Waals surface area contributed by atoms with E-state index in [2.05, 4.69) is 30.8 Å². The Kier molecular flexibility index (Phi) is 4.10. The quantitative estimate of drug-likeness (QED) is 0.577. The number of hydrogen-bond donors (Lipinski definition) is 2. The van der Waals surface area contributed by atoms with E-state index in [0.717, 1.165) is 11.0 Å². The van der Waals surface area contributed by atoms with E-state index in [1.165, 1.54) is 11.0 Å². The standard InChI is InChI=1S/C17H14ClN7O/c1-10(16-21-13-4-2-3-5-14(13)22-16)20-17(26)12-7-6-11(18)8-15(12)25-9-19-23-24-25/h2-10H,1H3,(H,20,26)(H,21,22)/t10-/m1/s1. The fourth-order valence-corrected chi connectivity index (χ4v) is 2.84. The molecule has 1 atom stereocenters. The number of nitrogens with one attached hydrogen (secondary N) is 2. The lowest BCUT2D eigenvalue weighted by Gasteiger charge is -2.14. The van der Waals surface area contributed by atoms with Crippen molar-refractivity contribution in [1.29, 1.82) is 0 Å². The van der Waals surface area contributed by atoms with Crippen LogP contribution in [-0.2, 0) is 0 Å². The van der Waals surface area contributed by atoms with Crippen LogP contribution >= 0.6 is 11.6 Å². The molecule has 0 aliphatic heterocycles. The highest BCUT2D eigenvalue weighted by Gasteiger charge is 2.19. The minimum Gasteiger partial charge on any atom is -0.342 e. The van der Waals surface area contributed by atoms with Gasteiger partial charge in [-0.3, -0.25) is 4.79 Å². The number of rotatable bonds is 4. The summed E-state index contributed by atoms with van der Waals surface area (Å²) in [5, 5.41) is 14.5. The summed E-state index contributed by atoms with van der Waals surface area (Å²) in [6.45, 7) is 1.86. The molecular weight excluding hydrogens is 354 g/mol. The molecule has 4 rings (SSSR count). The minimum atomic E-state index is -0.313. The number of fused-ring (bicyclic) bond motifs is 1. The van der Waals surface area contributed by atoms with Gasteiger partial charge in [0.05, 0.1) is 28.3 Å². The largest absolute Gasteiger partial charge is 0.342 e. The number of tetrazole rings is 1. The zero-order chi connectivity index (χ0) is 18.1. The molecular formula is C17H14ClN7O. The number of aromatic amines is 1. The number of aromatic nitrogens is 6. The van der Waals surface area contributed by atoms with Crippen molar-refractivity contribution in [3.05, 3.63) is 65.2 Å². The van der Waals surface area contributed by atoms with Crippen LogP contribution < -0.4 is 5.32 Å². The summed E-state index contributed by atoms with van der Waals surface area (Å²) < 4.78 is 1.40. The van der Waals surface area contributed by atoms with E-state index in [1.807, 2.05) is 31.2 Å². The van der Waals surface area contributed by atoms with Gasteiger partial charge in [-0.25, -0.2) is 4.98 Å². The number of benzene rings is 2. The average Bonchev–Trinajstić information content (AvgIpc) is 3.31. The molecule has 2 aromatic heterocycles. The van der Waals surface area contributed by atoms with Crippen LogP contribution in [0.4, 0.5) is 0 Å². The molecule has 26 heavy (non-hydrogen) atoms. The molecule has 0 unspecified atom stereocenters. The number of carbonyl (C=O) groups is 1. The van der Waals surface area contributed by atoms with Crippen LogP contribution in [0, 0.1) is 0 Å². The van der Waals surface area contributed by atoms with Gasteiger partial charge in [0, 0.05) is 5.02 Å². The van der Waals surface area contributed by atoms with Crippen LogP contribution in [-0.4, -0.2) is 36.1 Å². The van der Waals surface area contributed by atoms with Crippen molar-refractivity contribution in [2.75, 3.05) is 0 Å². The lowest BCUT2D eigenvalue weighted by atomic mass is 10.1. The van der Waals surface area contributed by atoms with E-state index in [-0.39, 0.29) is 11.9 Å². The maximum absolute atomic E-state index is 12.8. The first-order chi connectivity index (χ1) is 12.6. The van der Waals surface area contributed by atoms with Gasteiger partial charge in [0.2, 0.25) is 0 Å². The van der Waals surface area contributed by atoms with E-state index in [9.17, 15) is 4.79 Å². The Morgan fingerprint density at radius 3 is 2.88 bits per heavy atom. The Labute approximate surface area is 153 Å². The second kappa shape index (κ2) is 6.57. The van der Waals surface area contributed by atoms with Crippen LogP contribution in [0.15, 0.2) is 48.8 Å². The van der Waals surface area contributed by atoms with Gasteiger partial charge in [0.1, 0.15) is 12.2 Å². The molecule has 0 saturated heterocycles. The molecule has 0 saturated carbocycles. The van der Waals surface area contributed by atoms with Crippen molar-refractivity contribution >= 4 is 28.5 Å². The summed E-state index contributed by atoms with van der Waals surface area (Å²) in [6, 6.07) is 12.3. The Morgan fingerprint density at radius 2 is 2.12 bits per heavy atom. The molecule has 4 aromatic rings. The highest BCUT2D eigenvalue weighted by Crippen LogP contribution is 2.21. The maximum atomic E-state index is 12.8. The van der Waals surface area contributed by atoms with Gasteiger partial charge < -0.3 is 10.3 Å². The molecule has 1 amide bonds. The molecule has 2 heterocycles. The van der Waals surface area contributed by atoms with Crippen molar-refractivity contribution in [2.45, 2.75) is 13.0 Å². The summed E-state index contributed by atoms with van der Waals surface area (Å²) in [4.78, 5) is 20.5. The van der Waals surface area contributed by atoms with Crippen LogP contribution in [0.25, 0.3) is 16.7 Å². The lowest BCUT2D eigenvalue weighted by molar-refractivity contribution is 0.0938. The number of H-pyrrole nitrogens is 1. The first-order valence-corrected chi connectivity index (χ1v) is 8.28. The molecule has 2 aromatic carbocycles. The van der Waals surface area contributed by atoms with Gasteiger partial charge in [-0.2, -0.15) is 4.68 Å². The van der Waals surface area contributed by atoms with Gasteiger partial charge in [0.15, 0.2) is 0 Å². The van der Waals surface area contributed by atoms with Crippen LogP contribution in [0.2, 0.25) is 5.02 Å². The van der Waals surface area contributed by atoms with E-state index in [4.69, 9.17) is 11.6 Å². The Hall–Kier alpha value is -3.26. The first-order valence-electron chi connectivity index (χ1n) is 7.90. The molecule has 9 heteroatoms. The van der Waals surface area contributed by atoms with Crippen LogP contribution in [0.5, 0.6) is 0 Å². The van der Waals surface area contributed by atoms with E-state index in [1.54, 1.807) is 18.2 Å². The van der Waals surface area contributed by atoms with Crippen molar-refractivity contribution < 1.29 is 4.79 Å². The summed E-state index contributed by atoms with van der Waals surface area (Å²) in [5.41, 5.74) is 2.68. The third-order valence-electron chi connectivity index (χ3n) is 3.97. The smallest absolute Gasteiger partial charge is 0.254 e. The molecule has 0 bridgehead atoms. The molecule has 0 radical (unpaired) electrons. The number of carbonyl (C=O) groups excluding carboxylic acids is 1. The van der Waals surface area contributed by atoms with Crippen molar-refractivity contribution in [3.8, 4) is 5.69 Å². The maximum Gasteiger partial charge on any atom is 0.254 e. The number of imidazole rings is 1. The first kappa shape index (κ1) is 16.2. The van der Waals surface area contributed by atoms with E-state index < -0.39 is 0 Å². The molecule has 0 aliphatic rings. The molecule has 8 nitrogen and oxygen atoms in total. The number of nitrogens with zero attached hydrogens (tertiary/aromatic N) is 5. The third-order valence-corrected chi connectivity index (χ3v) is 4.20. The van der Waals surface area contributed by atoms with Gasteiger partial charge in [-0.05, 0) is 47.7 Å². The van der Waals surface area contributed by atoms with Gasteiger partial charge in [-0.1, -0.05) is 23.7 Å². The van der Waals surface area contributed by atoms with E-state index >= 15 is 0 Å². The van der Waals surface area contributed by atoms with Gasteiger partial charge in [-0.15, -0.1) is 5.10 Å². The van der Waals surface area contributed by atoms with Gasteiger partial charge in [0.25, 0.3) is 5.91 Å². The zero-order valence-corrected chi connectivity index (χ0v) is 14.5. The second-order valence-corrected chi connectivity index (χ2v) is 6.19. The molecule has 130 valence electrons. The normalized spacial score (nSPS) is 12.2. The lowest BCUT2D eigenvalue weighted by Crippen LogP contribution is -2.28. The Morgan fingerprint density at radius 1 is 1.27 bits per heavy atom. The summed E-state index contributed by atoms with van der Waals surface area (Å²) in [7, 11) is 0. The zero-order valence-electron chi connectivity index (χ0n) is 13.7. The van der Waals surface area contributed by atoms with Gasteiger partial charge >= 0.3 is 0 Å². The summed E-state index contributed by atoms with van der Waals surface area (Å²) in [6.07, 6.45) is 1.41. The second-order valence-electron chi connectivity index (χ2n) is 5.75. The number of amides is 1. The molecule has 0 aliphatic carbocycles. The summed E-state index contributed by atoms with van der Waals surface area (Å²) in [5.74, 6) is 0.401. The highest BCUT2D eigenvalue weighted by atomic mass is 35.5. The highest BCUT2D eigenvalue weighted by molar-refractivity contribution is 6.31. The summed E-state index contributed by atoms with van der Waals surface area (Å²) >= 11 is 6.06. The Balaban J connectivity index is 1.62. The van der Waals surface area contributed by atoms with E-state index in [0.29, 0.717) is 22.1 Å². The average molecular weight is 368 g/mol. The third kappa shape index (κ3) is 3.02. The van der Waals surface area contributed by atoms with Crippen molar-refractivity contribution in [1.82, 2.24) is 35.5 Å². The molecule has 0 spiro atoms. The predicted molar refractivity (Wildman–Crippen MR) is 96.1 cm³/mol. The number of halogens is 1. The number of hydrogen-bond acceptors (Lipinski definition) is 5. The Bertz CT molecular complexity index is 1040. The fourth-order valence-electron chi connectivity index (χ4n) is 2.68. The SMILES string of the molecule is C[C@@H](NC(=O)c1ccc(Cl)cc1-n1cnnn1)c1nc2ccccc2[nH]1. The monoisotopic (exact) mass is 367 g/mol. The fraction of sp³-hybridized carbons (Fsp3) is 0.118. The topological polar surface area (TPSA) is 101 Å². The van der Waals surface area contributed by atoms with Crippen molar-refractivity contribution in [3.63, 3.8) is 0 Å². The molecule has 0 fully saturated rings.